The van der Waals surface area contributed by atoms with E-state index in [9.17, 15) is 25.0 Å². The van der Waals surface area contributed by atoms with E-state index in [2.05, 4.69) is 19.6 Å². The fourth-order valence-electron chi connectivity index (χ4n) is 5.89. The number of ether oxygens (including phenoxy) is 2. The smallest absolute Gasteiger partial charge is 0.395 e. The molecule has 0 radical (unpaired) electrons. The maximum atomic E-state index is 12.9. The summed E-state index contributed by atoms with van der Waals surface area (Å²) < 4.78 is 10.9. The normalized spacial score (nSPS) is 18.8. The molecule has 2 aromatic rings. The maximum Gasteiger partial charge on any atom is 0.519 e. The second-order valence-corrected chi connectivity index (χ2v) is 10.9. The third kappa shape index (κ3) is 7.40. The number of nitro benzene ring substituents is 2. The van der Waals surface area contributed by atoms with Gasteiger partial charge in [0, 0.05) is 76.6 Å². The Kier molecular flexibility index (Phi) is 10.4. The zero-order valence-corrected chi connectivity index (χ0v) is 24.7. The van der Waals surface area contributed by atoms with Gasteiger partial charge in [0.1, 0.15) is 11.5 Å². The summed E-state index contributed by atoms with van der Waals surface area (Å²) in [5.74, 6) is 0.248. The number of likely N-dealkylation sites (N-methyl/N-ethyl adjacent to an activating group) is 2. The Morgan fingerprint density at radius 2 is 1.07 bits per heavy atom. The van der Waals surface area contributed by atoms with Gasteiger partial charge in [0.2, 0.25) is 0 Å². The second kappa shape index (κ2) is 14.0. The highest BCUT2D eigenvalue weighted by molar-refractivity contribution is 5.68. The minimum atomic E-state index is -1.03. The molecule has 13 nitrogen and oxygen atoms in total. The van der Waals surface area contributed by atoms with E-state index in [1.165, 1.54) is 36.4 Å². The fourth-order valence-corrected chi connectivity index (χ4v) is 5.89. The zero-order valence-electron chi connectivity index (χ0n) is 24.7. The van der Waals surface area contributed by atoms with E-state index in [0.29, 0.717) is 24.0 Å². The summed E-state index contributed by atoms with van der Waals surface area (Å²) in [5, 5.41) is 23.7. The summed E-state index contributed by atoms with van der Waals surface area (Å²) >= 11 is 0. The van der Waals surface area contributed by atoms with Crippen molar-refractivity contribution in [1.82, 2.24) is 19.6 Å². The van der Waals surface area contributed by atoms with E-state index in [0.717, 1.165) is 52.4 Å². The number of rotatable bonds is 10. The first-order valence-corrected chi connectivity index (χ1v) is 14.4. The molecule has 2 saturated heterocycles. The van der Waals surface area contributed by atoms with Crippen LogP contribution in [0.25, 0.3) is 0 Å². The molecule has 2 aromatic carbocycles. The molecule has 0 N–H and O–H groups in total. The highest BCUT2D eigenvalue weighted by Gasteiger charge is 2.31. The molecule has 0 spiro atoms. The molecule has 42 heavy (non-hydrogen) atoms. The number of nitro groups is 2. The monoisotopic (exact) mass is 584 g/mol. The Labute approximate surface area is 245 Å². The fraction of sp³-hybridized carbons (Fsp3) is 0.552. The molecular formula is C29H40N6O7. The summed E-state index contributed by atoms with van der Waals surface area (Å²) in [7, 11) is 4.09. The van der Waals surface area contributed by atoms with E-state index in [1.807, 2.05) is 27.9 Å². The van der Waals surface area contributed by atoms with E-state index >= 15 is 0 Å². The molecule has 2 aliphatic heterocycles. The molecular weight excluding hydrogens is 544 g/mol. The molecule has 2 heterocycles. The third-order valence-electron chi connectivity index (χ3n) is 8.24. The Balaban J connectivity index is 1.54. The van der Waals surface area contributed by atoms with Crippen molar-refractivity contribution in [1.29, 1.82) is 0 Å². The van der Waals surface area contributed by atoms with Crippen molar-refractivity contribution in [3.63, 3.8) is 0 Å². The van der Waals surface area contributed by atoms with Gasteiger partial charge in [-0.2, -0.15) is 0 Å². The first-order valence-electron chi connectivity index (χ1n) is 14.4. The van der Waals surface area contributed by atoms with E-state index in [1.54, 1.807) is 0 Å². The number of carbonyl (C=O) groups excluding carboxylic acids is 1. The van der Waals surface area contributed by atoms with Gasteiger partial charge in [-0.1, -0.05) is 13.8 Å². The van der Waals surface area contributed by atoms with Gasteiger partial charge in [-0.15, -0.1) is 0 Å². The van der Waals surface area contributed by atoms with E-state index < -0.39 is 16.0 Å². The summed E-state index contributed by atoms with van der Waals surface area (Å²) in [6.45, 7) is 10.5. The van der Waals surface area contributed by atoms with Crippen LogP contribution in [0.3, 0.4) is 0 Å². The standard InChI is InChI=1S/C29H40N6O7/c1-5-25(32-15-11-30(3)12-16-32)23-19-21(7-9-27(23)34(37)38)41-29(36)42-22-8-10-28(35(39)40)24(20-22)26(6-2)33-17-13-31(4)14-18-33/h7-10,19-20,25-26H,5-6,11-18H2,1-4H3. The number of piperazine rings is 2. The molecule has 0 saturated carbocycles. The van der Waals surface area contributed by atoms with E-state index in [-0.39, 0.29) is 35.0 Å². The number of carbonyl (C=O) groups is 1. The molecule has 2 fully saturated rings. The molecule has 0 amide bonds. The highest BCUT2D eigenvalue weighted by atomic mass is 16.7. The topological polar surface area (TPSA) is 135 Å². The van der Waals surface area contributed by atoms with Crippen LogP contribution >= 0.6 is 0 Å². The second-order valence-electron chi connectivity index (χ2n) is 10.9. The van der Waals surface area contributed by atoms with Gasteiger partial charge in [0.15, 0.2) is 0 Å². The summed E-state index contributed by atoms with van der Waals surface area (Å²) in [5.41, 5.74) is 0.896. The van der Waals surface area contributed by atoms with Crippen molar-refractivity contribution >= 4 is 17.5 Å². The summed E-state index contributed by atoms with van der Waals surface area (Å²) in [6.07, 6.45) is 0.265. The van der Waals surface area contributed by atoms with Crippen molar-refractivity contribution in [2.75, 3.05) is 66.5 Å². The third-order valence-corrected chi connectivity index (χ3v) is 8.24. The average molecular weight is 585 g/mol. The van der Waals surface area contributed by atoms with Gasteiger partial charge >= 0.3 is 6.16 Å². The Morgan fingerprint density at radius 3 is 1.38 bits per heavy atom. The van der Waals surface area contributed by atoms with Crippen LogP contribution in [0.2, 0.25) is 0 Å². The van der Waals surface area contributed by atoms with Crippen LogP contribution in [0.1, 0.15) is 49.9 Å². The Bertz CT molecular complexity index is 1180. The van der Waals surface area contributed by atoms with Gasteiger partial charge in [0.25, 0.3) is 11.4 Å². The van der Waals surface area contributed by atoms with Gasteiger partial charge in [-0.25, -0.2) is 4.79 Å². The average Bonchev–Trinajstić information content (AvgIpc) is 2.96. The van der Waals surface area contributed by atoms with Gasteiger partial charge in [-0.3, -0.25) is 30.0 Å². The Morgan fingerprint density at radius 1 is 0.714 bits per heavy atom. The van der Waals surface area contributed by atoms with Crippen LogP contribution in [0, 0.1) is 20.2 Å². The predicted molar refractivity (Wildman–Crippen MR) is 157 cm³/mol. The molecule has 2 unspecified atom stereocenters. The largest absolute Gasteiger partial charge is 0.519 e. The Hall–Kier alpha value is -3.65. The maximum absolute atomic E-state index is 12.9. The minimum absolute atomic E-state index is 0.0315. The van der Waals surface area contributed by atoms with E-state index in [4.69, 9.17) is 9.47 Å². The number of hydrogen-bond acceptors (Lipinski definition) is 11. The molecule has 0 aliphatic carbocycles. The lowest BCUT2D eigenvalue weighted by molar-refractivity contribution is -0.386. The van der Waals surface area contributed by atoms with Crippen LogP contribution < -0.4 is 9.47 Å². The van der Waals surface area contributed by atoms with Crippen molar-refractivity contribution in [3.8, 4) is 11.5 Å². The first kappa shape index (κ1) is 31.3. The van der Waals surface area contributed by atoms with Gasteiger partial charge in [-0.05, 0) is 51.2 Å². The first-order chi connectivity index (χ1) is 20.1. The zero-order chi connectivity index (χ0) is 30.4. The molecule has 4 rings (SSSR count). The van der Waals surface area contributed by atoms with Crippen LogP contribution in [0.15, 0.2) is 36.4 Å². The van der Waals surface area contributed by atoms with Gasteiger partial charge in [0.05, 0.1) is 21.0 Å². The van der Waals surface area contributed by atoms with Crippen molar-refractivity contribution in [3.05, 3.63) is 67.8 Å². The lowest BCUT2D eigenvalue weighted by Gasteiger charge is -2.37. The molecule has 2 atom stereocenters. The lowest BCUT2D eigenvalue weighted by atomic mass is 9.99. The molecule has 0 aromatic heterocycles. The highest BCUT2D eigenvalue weighted by Crippen LogP contribution is 2.37. The van der Waals surface area contributed by atoms with Crippen LogP contribution in [0.5, 0.6) is 11.5 Å². The SMILES string of the molecule is CCC(c1cc(OC(=O)Oc2ccc([N+](=O)[O-])c(C(CC)N3CCN(C)CC3)c2)ccc1[N+](=O)[O-])N1CCN(C)CC1. The van der Waals surface area contributed by atoms with Crippen LogP contribution in [-0.4, -0.2) is 102 Å². The van der Waals surface area contributed by atoms with Crippen LogP contribution in [0.4, 0.5) is 16.2 Å². The summed E-state index contributed by atoms with van der Waals surface area (Å²) in [4.78, 5) is 44.6. The van der Waals surface area contributed by atoms with Crippen molar-refractivity contribution in [2.45, 2.75) is 38.8 Å². The molecule has 13 heteroatoms. The number of nitrogens with zero attached hydrogens (tertiary/aromatic N) is 6. The van der Waals surface area contributed by atoms with Gasteiger partial charge < -0.3 is 19.3 Å². The molecule has 228 valence electrons. The predicted octanol–water partition coefficient (Wildman–Crippen LogP) is 4.48. The van der Waals surface area contributed by atoms with Crippen LogP contribution in [-0.2, 0) is 0 Å². The number of benzene rings is 2. The summed E-state index contributed by atoms with van der Waals surface area (Å²) in [6, 6.07) is 8.10. The molecule has 0 bridgehead atoms. The van der Waals surface area contributed by atoms with Crippen molar-refractivity contribution in [2.24, 2.45) is 0 Å². The lowest BCUT2D eigenvalue weighted by Crippen LogP contribution is -2.45. The minimum Gasteiger partial charge on any atom is -0.395 e. The number of hydrogen-bond donors (Lipinski definition) is 0. The molecule has 2 aliphatic rings. The van der Waals surface area contributed by atoms with Crippen molar-refractivity contribution < 1.29 is 24.1 Å². The quantitative estimate of drug-likeness (QED) is 0.169.